The summed E-state index contributed by atoms with van der Waals surface area (Å²) in [5.41, 5.74) is 2.92. The molecule has 0 N–H and O–H groups in total. The lowest BCUT2D eigenvalue weighted by molar-refractivity contribution is 0.0975. The molecule has 0 saturated carbocycles. The number of ether oxygens (including phenoxy) is 2. The maximum Gasteiger partial charge on any atom is 0.325 e. The molecule has 1 heterocycles. The van der Waals surface area contributed by atoms with Gasteiger partial charge in [-0.05, 0) is 67.5 Å². The second-order valence-electron chi connectivity index (χ2n) is 9.34. The fraction of sp³-hybridized carbons (Fsp3) is 0.393. The summed E-state index contributed by atoms with van der Waals surface area (Å²) in [5.74, 6) is 1.31. The number of hydrogen-bond acceptors (Lipinski definition) is 4. The van der Waals surface area contributed by atoms with Crippen molar-refractivity contribution in [3.8, 4) is 0 Å². The van der Waals surface area contributed by atoms with E-state index in [1.165, 1.54) is 0 Å². The topological polar surface area (TPSA) is 45.3 Å². The van der Waals surface area contributed by atoms with E-state index in [4.69, 9.17) is 21.1 Å². The molecule has 7 heteroatoms. The predicted molar refractivity (Wildman–Crippen MR) is 142 cm³/mol. The van der Waals surface area contributed by atoms with Crippen LogP contribution in [-0.2, 0) is 9.47 Å². The van der Waals surface area contributed by atoms with Gasteiger partial charge in [0.15, 0.2) is 11.5 Å². The molecular formula is C28H34ClN3O3. The predicted octanol–water partition coefficient (Wildman–Crippen LogP) is 6.25. The van der Waals surface area contributed by atoms with E-state index in [0.29, 0.717) is 16.5 Å². The van der Waals surface area contributed by atoms with Gasteiger partial charge in [0.1, 0.15) is 0 Å². The molecule has 2 aromatic rings. The number of carbonyl (C=O) groups excluding carboxylic acids is 1. The smallest absolute Gasteiger partial charge is 0.325 e. The first-order chi connectivity index (χ1) is 16.7. The summed E-state index contributed by atoms with van der Waals surface area (Å²) in [5, 5.41) is 0.660. The Balaban J connectivity index is 1.85. The SMILES string of the molecule is CC[C@@H](C)OC1=CC2C(C=C1OC)N(C)C(=O)N(c1ccc(N(C)C)cc1)C2c1ccc(Cl)cc1. The number of likely N-dealkylation sites (N-methyl/N-ethyl adjacent to an activating group) is 1. The van der Waals surface area contributed by atoms with Crippen LogP contribution in [0.3, 0.4) is 0 Å². The molecule has 1 fully saturated rings. The molecule has 2 amide bonds. The van der Waals surface area contributed by atoms with Gasteiger partial charge in [-0.25, -0.2) is 4.79 Å². The Hall–Kier alpha value is -3.12. The Morgan fingerprint density at radius 3 is 2.26 bits per heavy atom. The van der Waals surface area contributed by atoms with Gasteiger partial charge in [-0.2, -0.15) is 0 Å². The van der Waals surface area contributed by atoms with E-state index in [1.807, 2.05) is 92.5 Å². The maximum atomic E-state index is 13.8. The van der Waals surface area contributed by atoms with Gasteiger partial charge in [0.2, 0.25) is 0 Å². The van der Waals surface area contributed by atoms with E-state index in [2.05, 4.69) is 13.0 Å². The van der Waals surface area contributed by atoms with Crippen molar-refractivity contribution in [2.24, 2.45) is 5.92 Å². The molecule has 0 spiro atoms. The van der Waals surface area contributed by atoms with E-state index in [9.17, 15) is 4.79 Å². The number of benzene rings is 2. The average molecular weight is 496 g/mol. The second kappa shape index (κ2) is 10.2. The second-order valence-corrected chi connectivity index (χ2v) is 9.78. The quantitative estimate of drug-likeness (QED) is 0.455. The van der Waals surface area contributed by atoms with Crippen LogP contribution >= 0.6 is 11.6 Å². The molecule has 0 radical (unpaired) electrons. The van der Waals surface area contributed by atoms with Crippen LogP contribution in [0.2, 0.25) is 5.02 Å². The zero-order chi connectivity index (χ0) is 25.3. The number of urea groups is 1. The summed E-state index contributed by atoms with van der Waals surface area (Å²) >= 11 is 6.22. The Morgan fingerprint density at radius 1 is 1.03 bits per heavy atom. The first kappa shape index (κ1) is 25.0. The van der Waals surface area contributed by atoms with E-state index in [-0.39, 0.29) is 30.1 Å². The number of anilines is 2. The minimum atomic E-state index is -0.253. The molecule has 2 aromatic carbocycles. The molecule has 1 saturated heterocycles. The highest BCUT2D eigenvalue weighted by molar-refractivity contribution is 6.30. The fourth-order valence-electron chi connectivity index (χ4n) is 4.72. The Kier molecular flexibility index (Phi) is 7.31. The van der Waals surface area contributed by atoms with E-state index in [1.54, 1.807) is 12.0 Å². The third-order valence-electron chi connectivity index (χ3n) is 6.88. The molecule has 1 aliphatic heterocycles. The molecule has 3 unspecified atom stereocenters. The highest BCUT2D eigenvalue weighted by atomic mass is 35.5. The van der Waals surface area contributed by atoms with Crippen LogP contribution in [0, 0.1) is 5.92 Å². The first-order valence-electron chi connectivity index (χ1n) is 12.0. The molecule has 6 nitrogen and oxygen atoms in total. The van der Waals surface area contributed by atoms with E-state index in [0.717, 1.165) is 23.4 Å². The van der Waals surface area contributed by atoms with Gasteiger partial charge in [-0.3, -0.25) is 4.90 Å². The average Bonchev–Trinajstić information content (AvgIpc) is 2.86. The van der Waals surface area contributed by atoms with Crippen molar-refractivity contribution in [3.05, 3.63) is 82.8 Å². The van der Waals surface area contributed by atoms with Crippen molar-refractivity contribution in [1.29, 1.82) is 0 Å². The number of rotatable bonds is 7. The standard InChI is InChI=1S/C28H34ClN3O3/c1-7-18(2)35-26-16-23-24(17-25(26)34-6)31(5)28(33)32(22-14-12-21(13-15-22)30(3)4)27(23)19-8-10-20(29)11-9-19/h8-18,23-24,27H,7H2,1-6H3/t18-,23?,24?,27?/m1/s1. The van der Waals surface area contributed by atoms with Gasteiger partial charge in [0.05, 0.1) is 25.3 Å². The highest BCUT2D eigenvalue weighted by Crippen LogP contribution is 2.45. The van der Waals surface area contributed by atoms with Crippen LogP contribution in [0.25, 0.3) is 0 Å². The van der Waals surface area contributed by atoms with Gasteiger partial charge < -0.3 is 19.3 Å². The number of fused-ring (bicyclic) bond motifs is 1. The van der Waals surface area contributed by atoms with Crippen molar-refractivity contribution in [1.82, 2.24) is 4.90 Å². The summed E-state index contributed by atoms with van der Waals surface area (Å²) < 4.78 is 11.9. The molecule has 1 aliphatic carbocycles. The molecule has 4 atom stereocenters. The number of carbonyl (C=O) groups is 1. The largest absolute Gasteiger partial charge is 0.493 e. The summed E-state index contributed by atoms with van der Waals surface area (Å²) in [6.45, 7) is 4.14. The van der Waals surface area contributed by atoms with Gasteiger partial charge in [0, 0.05) is 43.5 Å². The maximum absolute atomic E-state index is 13.8. The third kappa shape index (κ3) is 4.85. The highest BCUT2D eigenvalue weighted by Gasteiger charge is 2.47. The lowest BCUT2D eigenvalue weighted by Gasteiger charge is -2.49. The van der Waals surface area contributed by atoms with Crippen LogP contribution in [0.15, 0.2) is 72.2 Å². The van der Waals surface area contributed by atoms with Gasteiger partial charge in [-0.15, -0.1) is 0 Å². The molecule has 2 aliphatic rings. The lowest BCUT2D eigenvalue weighted by atomic mass is 9.80. The molecule has 186 valence electrons. The fourth-order valence-corrected chi connectivity index (χ4v) is 4.85. The lowest BCUT2D eigenvalue weighted by Crippen LogP contribution is -2.58. The number of hydrogen-bond donors (Lipinski definition) is 0. The summed E-state index contributed by atoms with van der Waals surface area (Å²) in [6, 6.07) is 15.3. The Bertz CT molecular complexity index is 1110. The third-order valence-corrected chi connectivity index (χ3v) is 7.13. The molecule has 0 bridgehead atoms. The zero-order valence-corrected chi connectivity index (χ0v) is 22.0. The number of methoxy groups -OCH3 is 1. The molecule has 35 heavy (non-hydrogen) atoms. The molecule has 0 aromatic heterocycles. The van der Waals surface area contributed by atoms with E-state index < -0.39 is 0 Å². The molecular weight excluding hydrogens is 462 g/mol. The van der Waals surface area contributed by atoms with Crippen LogP contribution in [0.1, 0.15) is 31.9 Å². The number of amides is 2. The summed E-state index contributed by atoms with van der Waals surface area (Å²) in [7, 11) is 7.49. The van der Waals surface area contributed by atoms with Crippen molar-refractivity contribution < 1.29 is 14.3 Å². The summed E-state index contributed by atoms with van der Waals surface area (Å²) in [6.07, 6.45) is 5.06. The van der Waals surface area contributed by atoms with Gasteiger partial charge in [-0.1, -0.05) is 30.7 Å². The molecule has 4 rings (SSSR count). The zero-order valence-electron chi connectivity index (χ0n) is 21.2. The van der Waals surface area contributed by atoms with Crippen LogP contribution in [0.4, 0.5) is 16.2 Å². The minimum Gasteiger partial charge on any atom is -0.493 e. The van der Waals surface area contributed by atoms with Crippen LogP contribution in [0.5, 0.6) is 0 Å². The van der Waals surface area contributed by atoms with Crippen LogP contribution < -0.4 is 9.80 Å². The normalized spacial score (nSPS) is 22.7. The monoisotopic (exact) mass is 495 g/mol. The van der Waals surface area contributed by atoms with Crippen molar-refractivity contribution in [2.45, 2.75) is 38.5 Å². The minimum absolute atomic E-state index is 0.0444. The van der Waals surface area contributed by atoms with Gasteiger partial charge >= 0.3 is 6.03 Å². The number of halogens is 1. The van der Waals surface area contributed by atoms with Crippen molar-refractivity contribution in [2.75, 3.05) is 38.1 Å². The number of nitrogens with zero attached hydrogens (tertiary/aromatic N) is 3. The van der Waals surface area contributed by atoms with E-state index >= 15 is 0 Å². The van der Waals surface area contributed by atoms with Crippen molar-refractivity contribution >= 4 is 29.0 Å². The van der Waals surface area contributed by atoms with Crippen molar-refractivity contribution in [3.63, 3.8) is 0 Å². The van der Waals surface area contributed by atoms with Crippen LogP contribution in [-0.4, -0.2) is 51.3 Å². The van der Waals surface area contributed by atoms with Gasteiger partial charge in [0.25, 0.3) is 0 Å². The Morgan fingerprint density at radius 2 is 1.69 bits per heavy atom. The first-order valence-corrected chi connectivity index (χ1v) is 12.4. The Labute approximate surface area is 213 Å². The summed E-state index contributed by atoms with van der Waals surface area (Å²) in [4.78, 5) is 19.6.